The molecule has 1 atom stereocenters. The summed E-state index contributed by atoms with van der Waals surface area (Å²) in [5.74, 6) is 0. The van der Waals surface area contributed by atoms with E-state index in [-0.39, 0.29) is 6.09 Å². The standard InChI is InChI=1S/C17H25BrN2O2/c1-17(2,3)22-16(21)20-10-4-5-15(12-20)19-11-13-6-8-14(18)9-7-13/h6-9,15,19H,4-5,10-12H2,1-3H3. The van der Waals surface area contributed by atoms with Crippen molar-refractivity contribution in [1.29, 1.82) is 0 Å². The third-order valence-corrected chi connectivity index (χ3v) is 4.11. The minimum absolute atomic E-state index is 0.206. The number of halogens is 1. The van der Waals surface area contributed by atoms with Crippen LogP contribution < -0.4 is 5.32 Å². The normalized spacial score (nSPS) is 19.1. The largest absolute Gasteiger partial charge is 0.444 e. The molecular formula is C17H25BrN2O2. The zero-order chi connectivity index (χ0) is 16.2. The minimum atomic E-state index is -0.436. The van der Waals surface area contributed by atoms with Crippen LogP contribution in [-0.4, -0.2) is 35.7 Å². The van der Waals surface area contributed by atoms with Crippen molar-refractivity contribution in [3.8, 4) is 0 Å². The predicted octanol–water partition coefficient (Wildman–Crippen LogP) is 3.94. The SMILES string of the molecule is CC(C)(C)OC(=O)N1CCCC(NCc2ccc(Br)cc2)C1. The van der Waals surface area contributed by atoms with Crippen LogP contribution in [0.5, 0.6) is 0 Å². The van der Waals surface area contributed by atoms with Crippen molar-refractivity contribution >= 4 is 22.0 Å². The van der Waals surface area contributed by atoms with Gasteiger partial charge in [-0.15, -0.1) is 0 Å². The lowest BCUT2D eigenvalue weighted by atomic mass is 10.1. The third-order valence-electron chi connectivity index (χ3n) is 3.58. The van der Waals surface area contributed by atoms with Crippen LogP contribution >= 0.6 is 15.9 Å². The Labute approximate surface area is 141 Å². The van der Waals surface area contributed by atoms with Gasteiger partial charge in [-0.3, -0.25) is 0 Å². The van der Waals surface area contributed by atoms with Gasteiger partial charge in [0.1, 0.15) is 5.60 Å². The molecule has 122 valence electrons. The van der Waals surface area contributed by atoms with Gasteiger partial charge in [0.15, 0.2) is 0 Å². The Bertz CT molecular complexity index is 496. The second kappa shape index (κ2) is 7.47. The van der Waals surface area contributed by atoms with Crippen molar-refractivity contribution in [2.24, 2.45) is 0 Å². The van der Waals surface area contributed by atoms with Crippen molar-refractivity contribution in [3.05, 3.63) is 34.3 Å². The van der Waals surface area contributed by atoms with Crippen LogP contribution in [0, 0.1) is 0 Å². The van der Waals surface area contributed by atoms with E-state index in [2.05, 4.69) is 33.4 Å². The van der Waals surface area contributed by atoms with Crippen LogP contribution in [0.1, 0.15) is 39.2 Å². The van der Waals surface area contributed by atoms with Crippen molar-refractivity contribution < 1.29 is 9.53 Å². The predicted molar refractivity (Wildman–Crippen MR) is 91.8 cm³/mol. The van der Waals surface area contributed by atoms with E-state index in [1.807, 2.05) is 37.8 Å². The summed E-state index contributed by atoms with van der Waals surface area (Å²) in [6, 6.07) is 8.62. The van der Waals surface area contributed by atoms with Crippen molar-refractivity contribution in [3.63, 3.8) is 0 Å². The number of hydrogen-bond donors (Lipinski definition) is 1. The van der Waals surface area contributed by atoms with Crippen molar-refractivity contribution in [2.75, 3.05) is 13.1 Å². The number of amides is 1. The molecule has 1 saturated heterocycles. The zero-order valence-electron chi connectivity index (χ0n) is 13.6. The first-order valence-corrected chi connectivity index (χ1v) is 8.58. The molecule has 1 aromatic rings. The van der Waals surface area contributed by atoms with Gasteiger partial charge in [-0.25, -0.2) is 4.79 Å². The van der Waals surface area contributed by atoms with E-state index in [1.165, 1.54) is 5.56 Å². The summed E-state index contributed by atoms with van der Waals surface area (Å²) in [5.41, 5.74) is 0.812. The van der Waals surface area contributed by atoms with Crippen LogP contribution in [0.25, 0.3) is 0 Å². The topological polar surface area (TPSA) is 41.6 Å². The van der Waals surface area contributed by atoms with Crippen LogP contribution in [0.2, 0.25) is 0 Å². The molecule has 1 aliphatic heterocycles. The maximum atomic E-state index is 12.1. The number of nitrogens with one attached hydrogen (secondary N) is 1. The fourth-order valence-electron chi connectivity index (χ4n) is 2.50. The van der Waals surface area contributed by atoms with Gasteiger partial charge in [0, 0.05) is 30.1 Å². The Morgan fingerprint density at radius 3 is 2.68 bits per heavy atom. The van der Waals surface area contributed by atoms with Crippen molar-refractivity contribution in [2.45, 2.75) is 51.8 Å². The molecule has 1 amide bonds. The zero-order valence-corrected chi connectivity index (χ0v) is 15.1. The minimum Gasteiger partial charge on any atom is -0.444 e. The fraction of sp³-hybridized carbons (Fsp3) is 0.588. The third kappa shape index (κ3) is 5.61. The molecule has 1 aliphatic rings. The molecule has 1 N–H and O–H groups in total. The molecule has 0 spiro atoms. The van der Waals surface area contributed by atoms with Gasteiger partial charge >= 0.3 is 6.09 Å². The molecule has 1 unspecified atom stereocenters. The molecule has 22 heavy (non-hydrogen) atoms. The summed E-state index contributed by atoms with van der Waals surface area (Å²) in [4.78, 5) is 14.0. The molecule has 0 bridgehead atoms. The van der Waals surface area contributed by atoms with E-state index in [0.717, 1.165) is 30.4 Å². The summed E-state index contributed by atoms with van der Waals surface area (Å²) in [7, 11) is 0. The number of benzene rings is 1. The molecule has 1 aromatic carbocycles. The number of carbonyl (C=O) groups is 1. The van der Waals surface area contributed by atoms with E-state index < -0.39 is 5.60 Å². The Morgan fingerprint density at radius 1 is 1.36 bits per heavy atom. The molecule has 5 heteroatoms. The number of carbonyl (C=O) groups excluding carboxylic acids is 1. The number of likely N-dealkylation sites (tertiary alicyclic amines) is 1. The Hall–Kier alpha value is -1.07. The molecule has 0 radical (unpaired) electrons. The first-order valence-electron chi connectivity index (χ1n) is 7.79. The maximum absolute atomic E-state index is 12.1. The average molecular weight is 369 g/mol. The Balaban J connectivity index is 1.82. The summed E-state index contributed by atoms with van der Waals surface area (Å²) >= 11 is 3.44. The highest BCUT2D eigenvalue weighted by atomic mass is 79.9. The van der Waals surface area contributed by atoms with Crippen LogP contribution in [0.4, 0.5) is 4.79 Å². The van der Waals surface area contributed by atoms with Crippen LogP contribution in [-0.2, 0) is 11.3 Å². The van der Waals surface area contributed by atoms with Gasteiger partial charge in [-0.1, -0.05) is 28.1 Å². The smallest absolute Gasteiger partial charge is 0.410 e. The number of piperidine rings is 1. The average Bonchev–Trinajstić information content (AvgIpc) is 2.45. The lowest BCUT2D eigenvalue weighted by Gasteiger charge is -2.34. The summed E-state index contributed by atoms with van der Waals surface area (Å²) in [5, 5.41) is 3.54. The van der Waals surface area contributed by atoms with Gasteiger partial charge in [-0.05, 0) is 51.3 Å². The van der Waals surface area contributed by atoms with E-state index in [9.17, 15) is 4.79 Å². The molecule has 0 aliphatic carbocycles. The first-order chi connectivity index (χ1) is 10.3. The highest BCUT2D eigenvalue weighted by molar-refractivity contribution is 9.10. The number of rotatable bonds is 3. The summed E-state index contributed by atoms with van der Waals surface area (Å²) < 4.78 is 6.54. The molecule has 1 heterocycles. The Kier molecular flexibility index (Phi) is 5.87. The number of nitrogens with zero attached hydrogens (tertiary/aromatic N) is 1. The Morgan fingerprint density at radius 2 is 2.05 bits per heavy atom. The molecular weight excluding hydrogens is 344 g/mol. The van der Waals surface area contributed by atoms with Gasteiger partial charge in [-0.2, -0.15) is 0 Å². The monoisotopic (exact) mass is 368 g/mol. The molecule has 4 nitrogen and oxygen atoms in total. The lowest BCUT2D eigenvalue weighted by molar-refractivity contribution is 0.0187. The molecule has 1 fully saturated rings. The molecule has 2 rings (SSSR count). The van der Waals surface area contributed by atoms with E-state index in [0.29, 0.717) is 12.6 Å². The van der Waals surface area contributed by atoms with Gasteiger partial charge in [0.2, 0.25) is 0 Å². The van der Waals surface area contributed by atoms with E-state index >= 15 is 0 Å². The second-order valence-corrected chi connectivity index (χ2v) is 7.69. The summed E-state index contributed by atoms with van der Waals surface area (Å²) in [6.07, 6.45) is 1.90. The van der Waals surface area contributed by atoms with Crippen LogP contribution in [0.3, 0.4) is 0 Å². The molecule has 0 saturated carbocycles. The lowest BCUT2D eigenvalue weighted by Crippen LogP contribution is -2.49. The van der Waals surface area contributed by atoms with E-state index in [1.54, 1.807) is 0 Å². The van der Waals surface area contributed by atoms with Crippen molar-refractivity contribution in [1.82, 2.24) is 10.2 Å². The van der Waals surface area contributed by atoms with Gasteiger partial charge < -0.3 is 15.0 Å². The fourth-order valence-corrected chi connectivity index (χ4v) is 2.76. The first kappa shape index (κ1) is 17.3. The summed E-state index contributed by atoms with van der Waals surface area (Å²) in [6.45, 7) is 8.02. The highest BCUT2D eigenvalue weighted by Crippen LogP contribution is 2.16. The van der Waals surface area contributed by atoms with Crippen LogP contribution in [0.15, 0.2) is 28.7 Å². The second-order valence-electron chi connectivity index (χ2n) is 6.77. The quantitative estimate of drug-likeness (QED) is 0.878. The highest BCUT2D eigenvalue weighted by Gasteiger charge is 2.27. The molecule has 0 aromatic heterocycles. The van der Waals surface area contributed by atoms with E-state index in [4.69, 9.17) is 4.74 Å². The number of ether oxygens (including phenoxy) is 1. The van der Waals surface area contributed by atoms with Gasteiger partial charge in [0.25, 0.3) is 0 Å². The number of hydrogen-bond acceptors (Lipinski definition) is 3. The maximum Gasteiger partial charge on any atom is 0.410 e. The van der Waals surface area contributed by atoms with Gasteiger partial charge in [0.05, 0.1) is 0 Å².